The number of benzene rings is 2. The van der Waals surface area contributed by atoms with Crippen LogP contribution in [-0.4, -0.2) is 32.6 Å². The van der Waals surface area contributed by atoms with Crippen molar-refractivity contribution >= 4 is 46.4 Å². The van der Waals surface area contributed by atoms with Gasteiger partial charge in [-0.1, -0.05) is 23.2 Å². The second-order valence-corrected chi connectivity index (χ2v) is 6.16. The van der Waals surface area contributed by atoms with Crippen molar-refractivity contribution in [2.75, 3.05) is 31.0 Å². The minimum atomic E-state index is -0.419. The predicted octanol–water partition coefficient (Wildman–Crippen LogP) is 4.00. The third-order valence-electron chi connectivity index (χ3n) is 3.56. The van der Waals surface area contributed by atoms with Crippen molar-refractivity contribution < 1.29 is 19.1 Å². The standard InChI is InChI=1S/C18H18Cl2N2O4/c1-11(23)22(16-6-4-12(19)8-14(16)20)10-18(24)21-15-9-13(25-2)5-7-17(15)26-3/h4-9H,10H2,1-3H3,(H,21,24). The van der Waals surface area contributed by atoms with Crippen molar-refractivity contribution in [3.05, 3.63) is 46.4 Å². The number of methoxy groups -OCH3 is 2. The molecule has 2 rings (SSSR count). The molecule has 0 spiro atoms. The maximum absolute atomic E-state index is 12.5. The summed E-state index contributed by atoms with van der Waals surface area (Å²) < 4.78 is 10.4. The largest absolute Gasteiger partial charge is 0.497 e. The van der Waals surface area contributed by atoms with Crippen molar-refractivity contribution in [3.8, 4) is 11.5 Å². The lowest BCUT2D eigenvalue weighted by atomic mass is 10.2. The highest BCUT2D eigenvalue weighted by atomic mass is 35.5. The molecule has 0 saturated heterocycles. The molecule has 0 aliphatic carbocycles. The van der Waals surface area contributed by atoms with Gasteiger partial charge in [-0.25, -0.2) is 0 Å². The van der Waals surface area contributed by atoms with Crippen LogP contribution in [0, 0.1) is 0 Å². The van der Waals surface area contributed by atoms with Gasteiger partial charge in [0.1, 0.15) is 18.0 Å². The lowest BCUT2D eigenvalue weighted by Crippen LogP contribution is -2.36. The second kappa shape index (κ2) is 8.78. The number of amides is 2. The van der Waals surface area contributed by atoms with E-state index in [1.165, 1.54) is 32.1 Å². The molecule has 2 amide bonds. The summed E-state index contributed by atoms with van der Waals surface area (Å²) in [7, 11) is 3.01. The van der Waals surface area contributed by atoms with Crippen molar-refractivity contribution in [3.63, 3.8) is 0 Å². The van der Waals surface area contributed by atoms with E-state index in [1.807, 2.05) is 0 Å². The van der Waals surface area contributed by atoms with Gasteiger partial charge in [-0.2, -0.15) is 0 Å². The van der Waals surface area contributed by atoms with Crippen LogP contribution in [0.3, 0.4) is 0 Å². The SMILES string of the molecule is COc1ccc(OC)c(NC(=O)CN(C(C)=O)c2ccc(Cl)cc2Cl)c1. The van der Waals surface area contributed by atoms with Gasteiger partial charge in [0, 0.05) is 18.0 Å². The van der Waals surface area contributed by atoms with Gasteiger partial charge in [0.2, 0.25) is 11.8 Å². The molecule has 1 N–H and O–H groups in total. The first-order valence-corrected chi connectivity index (χ1v) is 8.36. The topological polar surface area (TPSA) is 67.9 Å². The fourth-order valence-corrected chi connectivity index (χ4v) is 2.82. The summed E-state index contributed by atoms with van der Waals surface area (Å²) in [6.07, 6.45) is 0. The molecule has 0 unspecified atom stereocenters. The molecule has 6 nitrogen and oxygen atoms in total. The number of ether oxygens (including phenoxy) is 2. The Bertz CT molecular complexity index is 827. The normalized spacial score (nSPS) is 10.2. The Morgan fingerprint density at radius 3 is 2.38 bits per heavy atom. The highest BCUT2D eigenvalue weighted by Gasteiger charge is 2.19. The molecule has 2 aromatic rings. The molecule has 26 heavy (non-hydrogen) atoms. The zero-order valence-corrected chi connectivity index (χ0v) is 16.0. The van der Waals surface area contributed by atoms with Crippen LogP contribution in [0.4, 0.5) is 11.4 Å². The number of nitrogens with one attached hydrogen (secondary N) is 1. The van der Waals surface area contributed by atoms with E-state index in [0.29, 0.717) is 27.9 Å². The van der Waals surface area contributed by atoms with Gasteiger partial charge in [-0.05, 0) is 30.3 Å². The maximum Gasteiger partial charge on any atom is 0.244 e. The van der Waals surface area contributed by atoms with Crippen LogP contribution < -0.4 is 19.7 Å². The van der Waals surface area contributed by atoms with E-state index in [2.05, 4.69) is 5.32 Å². The number of anilines is 2. The third kappa shape index (κ3) is 4.80. The Morgan fingerprint density at radius 1 is 1.08 bits per heavy atom. The van der Waals surface area contributed by atoms with Crippen LogP contribution in [0.5, 0.6) is 11.5 Å². The zero-order valence-electron chi connectivity index (χ0n) is 14.5. The fourth-order valence-electron chi connectivity index (χ4n) is 2.31. The van der Waals surface area contributed by atoms with Crippen LogP contribution in [0.25, 0.3) is 0 Å². The Kier molecular flexibility index (Phi) is 6.71. The number of hydrogen-bond acceptors (Lipinski definition) is 4. The van der Waals surface area contributed by atoms with Gasteiger partial charge in [-0.15, -0.1) is 0 Å². The van der Waals surface area contributed by atoms with E-state index in [4.69, 9.17) is 32.7 Å². The monoisotopic (exact) mass is 396 g/mol. The number of hydrogen-bond donors (Lipinski definition) is 1. The fraction of sp³-hybridized carbons (Fsp3) is 0.222. The minimum absolute atomic E-state index is 0.225. The van der Waals surface area contributed by atoms with Crippen LogP contribution in [0.2, 0.25) is 10.0 Å². The molecule has 0 fully saturated rings. The summed E-state index contributed by atoms with van der Waals surface area (Å²) in [5, 5.41) is 3.43. The second-order valence-electron chi connectivity index (χ2n) is 5.32. The summed E-state index contributed by atoms with van der Waals surface area (Å²) in [6, 6.07) is 9.71. The van der Waals surface area contributed by atoms with E-state index in [0.717, 1.165) is 0 Å². The van der Waals surface area contributed by atoms with E-state index < -0.39 is 5.91 Å². The quantitative estimate of drug-likeness (QED) is 0.800. The smallest absolute Gasteiger partial charge is 0.244 e. The summed E-state index contributed by atoms with van der Waals surface area (Å²) in [4.78, 5) is 25.7. The summed E-state index contributed by atoms with van der Waals surface area (Å²) in [6.45, 7) is 1.13. The average Bonchev–Trinajstić information content (AvgIpc) is 2.60. The van der Waals surface area contributed by atoms with Crippen molar-refractivity contribution in [2.24, 2.45) is 0 Å². The van der Waals surface area contributed by atoms with Crippen LogP contribution in [0.15, 0.2) is 36.4 Å². The molecule has 0 heterocycles. The maximum atomic E-state index is 12.5. The molecule has 0 saturated carbocycles. The van der Waals surface area contributed by atoms with Crippen LogP contribution in [0.1, 0.15) is 6.92 Å². The first-order chi connectivity index (χ1) is 12.3. The zero-order chi connectivity index (χ0) is 19.3. The Labute approximate surface area is 161 Å². The Balaban J connectivity index is 2.22. The molecule has 0 bridgehead atoms. The van der Waals surface area contributed by atoms with Gasteiger partial charge in [-0.3, -0.25) is 9.59 Å². The van der Waals surface area contributed by atoms with Gasteiger partial charge in [0.15, 0.2) is 0 Å². The summed E-state index contributed by atoms with van der Waals surface area (Å²) in [5.74, 6) is 0.281. The lowest BCUT2D eigenvalue weighted by molar-refractivity contribution is -0.120. The number of carbonyl (C=O) groups excluding carboxylic acids is 2. The number of rotatable bonds is 6. The highest BCUT2D eigenvalue weighted by Crippen LogP contribution is 2.30. The number of carbonyl (C=O) groups is 2. The number of nitrogens with zero attached hydrogens (tertiary/aromatic N) is 1. The summed E-state index contributed by atoms with van der Waals surface area (Å²) in [5.41, 5.74) is 0.832. The molecule has 2 aromatic carbocycles. The van der Waals surface area contributed by atoms with Gasteiger partial charge in [0.25, 0.3) is 0 Å². The van der Waals surface area contributed by atoms with E-state index in [-0.39, 0.29) is 17.5 Å². The Hall–Kier alpha value is -2.44. The lowest BCUT2D eigenvalue weighted by Gasteiger charge is -2.22. The molecular formula is C18H18Cl2N2O4. The van der Waals surface area contributed by atoms with Gasteiger partial charge >= 0.3 is 0 Å². The summed E-state index contributed by atoms with van der Waals surface area (Å²) >= 11 is 12.0. The van der Waals surface area contributed by atoms with Crippen LogP contribution in [-0.2, 0) is 9.59 Å². The predicted molar refractivity (Wildman–Crippen MR) is 103 cm³/mol. The first-order valence-electron chi connectivity index (χ1n) is 7.60. The number of halogens is 2. The van der Waals surface area contributed by atoms with Crippen molar-refractivity contribution in [2.45, 2.75) is 6.92 Å². The van der Waals surface area contributed by atoms with E-state index in [1.54, 1.807) is 30.3 Å². The highest BCUT2D eigenvalue weighted by molar-refractivity contribution is 6.36. The molecule has 0 aliphatic rings. The molecule has 8 heteroatoms. The van der Waals surface area contributed by atoms with Gasteiger partial charge < -0.3 is 19.7 Å². The van der Waals surface area contributed by atoms with Crippen molar-refractivity contribution in [1.29, 1.82) is 0 Å². The molecule has 138 valence electrons. The molecule has 0 aromatic heterocycles. The van der Waals surface area contributed by atoms with E-state index >= 15 is 0 Å². The molecule has 0 aliphatic heterocycles. The van der Waals surface area contributed by atoms with E-state index in [9.17, 15) is 9.59 Å². The van der Waals surface area contributed by atoms with Gasteiger partial charge in [0.05, 0.1) is 30.6 Å². The molecule has 0 atom stereocenters. The third-order valence-corrected chi connectivity index (χ3v) is 4.10. The first kappa shape index (κ1) is 19.9. The molecule has 0 radical (unpaired) electrons. The molecular weight excluding hydrogens is 379 g/mol. The minimum Gasteiger partial charge on any atom is -0.497 e. The van der Waals surface area contributed by atoms with Crippen LogP contribution >= 0.6 is 23.2 Å². The average molecular weight is 397 g/mol. The van der Waals surface area contributed by atoms with Crippen molar-refractivity contribution in [1.82, 2.24) is 0 Å². The Morgan fingerprint density at radius 2 is 1.81 bits per heavy atom.